The molecule has 0 unspecified atom stereocenters. The Morgan fingerprint density at radius 3 is 2.33 bits per heavy atom. The third kappa shape index (κ3) is 4.17. The van der Waals surface area contributed by atoms with E-state index in [1.54, 1.807) is 54.6 Å². The lowest BCUT2D eigenvalue weighted by Gasteiger charge is -2.50. The van der Waals surface area contributed by atoms with Crippen molar-refractivity contribution in [1.29, 1.82) is 0 Å². The van der Waals surface area contributed by atoms with Gasteiger partial charge in [0.15, 0.2) is 0 Å². The number of nitrogens with zero attached hydrogens (tertiary/aromatic N) is 2. The topological polar surface area (TPSA) is 132 Å². The SMILES string of the molecule is O=C(O)CCN1C(=O)[C@H]2[C@H](CC=C3[C@H]2C[C@H]2C(=O)N(c4cccc(Cl)c4)C(=O)[C@@]2(c2ccccc2)[C@H]3c2ccccc2O)C1=O. The molecular weight excluding hydrogens is 596 g/mol. The van der Waals surface area contributed by atoms with Gasteiger partial charge in [-0.15, -0.1) is 0 Å². The zero-order valence-electron chi connectivity index (χ0n) is 24.0. The molecule has 2 saturated heterocycles. The average Bonchev–Trinajstić information content (AvgIpc) is 3.41. The van der Waals surface area contributed by atoms with Crippen molar-refractivity contribution in [3.8, 4) is 5.75 Å². The highest BCUT2D eigenvalue weighted by molar-refractivity contribution is 6.32. The van der Waals surface area contributed by atoms with Crippen molar-refractivity contribution in [3.63, 3.8) is 0 Å². The fourth-order valence-electron chi connectivity index (χ4n) is 8.31. The number of hydrogen-bond acceptors (Lipinski definition) is 6. The molecule has 3 aromatic carbocycles. The van der Waals surface area contributed by atoms with Gasteiger partial charge in [0.25, 0.3) is 0 Å². The number of phenols is 1. The molecule has 2 heterocycles. The van der Waals surface area contributed by atoms with E-state index in [2.05, 4.69) is 0 Å². The number of anilines is 1. The number of carboxylic acid groups (broad SMARTS) is 1. The highest BCUT2D eigenvalue weighted by atomic mass is 35.5. The number of likely N-dealkylation sites (tertiary alicyclic amines) is 1. The average molecular weight is 625 g/mol. The monoisotopic (exact) mass is 624 g/mol. The summed E-state index contributed by atoms with van der Waals surface area (Å²) < 4.78 is 0. The summed E-state index contributed by atoms with van der Waals surface area (Å²) in [6, 6.07) is 22.3. The predicted octanol–water partition coefficient (Wildman–Crippen LogP) is 4.68. The van der Waals surface area contributed by atoms with Crippen molar-refractivity contribution >= 4 is 46.9 Å². The van der Waals surface area contributed by atoms with Crippen LogP contribution in [0, 0.1) is 23.7 Å². The zero-order valence-corrected chi connectivity index (χ0v) is 24.8. The van der Waals surface area contributed by atoms with Gasteiger partial charge in [-0.25, -0.2) is 4.90 Å². The Balaban J connectivity index is 1.46. The summed E-state index contributed by atoms with van der Waals surface area (Å²) in [5.41, 5.74) is 0.593. The molecule has 3 fully saturated rings. The second-order valence-corrected chi connectivity index (χ2v) is 12.6. The minimum Gasteiger partial charge on any atom is -0.508 e. The zero-order chi connectivity index (χ0) is 31.6. The number of aliphatic carboxylic acids is 1. The number of amides is 4. The molecule has 7 rings (SSSR count). The lowest BCUT2D eigenvalue weighted by atomic mass is 9.49. The quantitative estimate of drug-likeness (QED) is 0.301. The summed E-state index contributed by atoms with van der Waals surface area (Å²) in [7, 11) is 0. The molecule has 0 spiro atoms. The molecular formula is C35H29ClN2O7. The number of halogens is 1. The highest BCUT2D eigenvalue weighted by Crippen LogP contribution is 2.65. The number of hydrogen-bond donors (Lipinski definition) is 2. The summed E-state index contributed by atoms with van der Waals surface area (Å²) in [5.74, 6) is -6.90. The Kier molecular flexibility index (Phi) is 6.89. The van der Waals surface area contributed by atoms with Gasteiger partial charge < -0.3 is 10.2 Å². The highest BCUT2D eigenvalue weighted by Gasteiger charge is 2.70. The number of carbonyl (C=O) groups is 5. The molecule has 0 bridgehead atoms. The predicted molar refractivity (Wildman–Crippen MR) is 163 cm³/mol. The van der Waals surface area contributed by atoms with E-state index >= 15 is 4.79 Å². The van der Waals surface area contributed by atoms with Gasteiger partial charge in [-0.3, -0.25) is 28.9 Å². The molecule has 9 nitrogen and oxygen atoms in total. The van der Waals surface area contributed by atoms with Crippen molar-refractivity contribution in [2.75, 3.05) is 11.4 Å². The van der Waals surface area contributed by atoms with E-state index in [1.165, 1.54) is 11.0 Å². The molecule has 1 saturated carbocycles. The number of imide groups is 2. The van der Waals surface area contributed by atoms with Crippen molar-refractivity contribution in [2.24, 2.45) is 23.7 Å². The maximum Gasteiger partial charge on any atom is 0.305 e. The number of allylic oxidation sites excluding steroid dienone is 2. The van der Waals surface area contributed by atoms with Crippen LogP contribution in [0.15, 0.2) is 90.5 Å². The van der Waals surface area contributed by atoms with Crippen molar-refractivity contribution < 1.29 is 34.2 Å². The van der Waals surface area contributed by atoms with Gasteiger partial charge >= 0.3 is 5.97 Å². The summed E-state index contributed by atoms with van der Waals surface area (Å²) >= 11 is 6.32. The molecule has 6 atom stereocenters. The number of para-hydroxylation sites is 1. The Morgan fingerprint density at radius 2 is 1.62 bits per heavy atom. The second kappa shape index (κ2) is 10.7. The van der Waals surface area contributed by atoms with Crippen LogP contribution < -0.4 is 4.90 Å². The van der Waals surface area contributed by atoms with E-state index in [0.717, 1.165) is 4.90 Å². The molecule has 2 aliphatic carbocycles. The van der Waals surface area contributed by atoms with Crippen LogP contribution >= 0.6 is 11.6 Å². The van der Waals surface area contributed by atoms with Gasteiger partial charge in [0.2, 0.25) is 23.6 Å². The van der Waals surface area contributed by atoms with Crippen LogP contribution in [0.4, 0.5) is 5.69 Å². The van der Waals surface area contributed by atoms with Crippen LogP contribution in [0.3, 0.4) is 0 Å². The van der Waals surface area contributed by atoms with Crippen LogP contribution in [-0.4, -0.2) is 51.3 Å². The Morgan fingerprint density at radius 1 is 0.889 bits per heavy atom. The van der Waals surface area contributed by atoms with E-state index in [1.807, 2.05) is 24.3 Å². The number of phenolic OH excluding ortho intramolecular Hbond substituents is 1. The Bertz CT molecular complexity index is 1810. The lowest BCUT2D eigenvalue weighted by Crippen LogP contribution is -2.53. The normalized spacial score (nSPS) is 28.9. The molecule has 0 radical (unpaired) electrons. The Hall–Kier alpha value is -4.76. The van der Waals surface area contributed by atoms with Gasteiger partial charge in [0, 0.05) is 23.0 Å². The smallest absolute Gasteiger partial charge is 0.305 e. The third-order valence-corrected chi connectivity index (χ3v) is 10.3. The van der Waals surface area contributed by atoms with Gasteiger partial charge in [-0.1, -0.05) is 77.8 Å². The largest absolute Gasteiger partial charge is 0.508 e. The first kappa shape index (κ1) is 29.0. The summed E-state index contributed by atoms with van der Waals surface area (Å²) in [5, 5.41) is 20.9. The summed E-state index contributed by atoms with van der Waals surface area (Å²) in [6.07, 6.45) is 1.85. The molecule has 4 amide bonds. The summed E-state index contributed by atoms with van der Waals surface area (Å²) in [6.45, 7) is -0.234. The lowest BCUT2D eigenvalue weighted by molar-refractivity contribution is -0.142. The van der Waals surface area contributed by atoms with E-state index in [0.29, 0.717) is 27.4 Å². The molecule has 0 aromatic heterocycles. The minimum atomic E-state index is -1.48. The van der Waals surface area contributed by atoms with Crippen molar-refractivity contribution in [3.05, 3.63) is 107 Å². The van der Waals surface area contributed by atoms with E-state index in [-0.39, 0.29) is 31.6 Å². The fraction of sp³-hybridized carbons (Fsp3) is 0.286. The standard InChI is InChI=1S/C35H29ClN2O7/c36-20-9-6-10-21(17-20)38-32(43)26-18-25-22(13-14-24-29(25)33(44)37(31(24)42)16-15-28(40)41)30(23-11-4-5-12-27(23)39)35(26,34(38)45)19-7-2-1-3-8-19/h1-13,17,24-26,29-30,39H,14-16,18H2,(H,40,41)/t24-,25+,26-,29-,30+,35+/m0/s1. The molecule has 2 aliphatic heterocycles. The fourth-order valence-corrected chi connectivity index (χ4v) is 8.50. The van der Waals surface area contributed by atoms with Gasteiger partial charge in [-0.2, -0.15) is 0 Å². The van der Waals surface area contributed by atoms with E-state index < -0.39 is 64.6 Å². The van der Waals surface area contributed by atoms with Gasteiger partial charge in [0.05, 0.1) is 35.3 Å². The molecule has 10 heteroatoms. The van der Waals surface area contributed by atoms with Crippen LogP contribution in [0.1, 0.15) is 36.3 Å². The first-order valence-electron chi connectivity index (χ1n) is 14.9. The number of benzene rings is 3. The number of carboxylic acids is 1. The maximum absolute atomic E-state index is 15.1. The van der Waals surface area contributed by atoms with E-state index in [4.69, 9.17) is 11.6 Å². The van der Waals surface area contributed by atoms with Crippen LogP contribution in [0.2, 0.25) is 5.02 Å². The van der Waals surface area contributed by atoms with Crippen LogP contribution in [-0.2, 0) is 29.4 Å². The maximum atomic E-state index is 15.1. The van der Waals surface area contributed by atoms with Crippen molar-refractivity contribution in [2.45, 2.75) is 30.6 Å². The number of rotatable bonds is 6. The van der Waals surface area contributed by atoms with Crippen molar-refractivity contribution in [1.82, 2.24) is 4.90 Å². The van der Waals surface area contributed by atoms with Gasteiger partial charge in [-0.05, 0) is 48.6 Å². The minimum absolute atomic E-state index is 0.0569. The third-order valence-electron chi connectivity index (χ3n) is 10.1. The molecule has 3 aromatic rings. The number of aromatic hydroxyl groups is 1. The molecule has 45 heavy (non-hydrogen) atoms. The Labute approximate surface area is 263 Å². The number of fused-ring (bicyclic) bond motifs is 4. The van der Waals surface area contributed by atoms with E-state index in [9.17, 15) is 29.4 Å². The second-order valence-electron chi connectivity index (χ2n) is 12.1. The first-order valence-corrected chi connectivity index (χ1v) is 15.3. The molecule has 2 N–H and O–H groups in total. The first-order chi connectivity index (χ1) is 21.7. The molecule has 4 aliphatic rings. The molecule has 228 valence electrons. The van der Waals surface area contributed by atoms with Gasteiger partial charge in [0.1, 0.15) is 5.75 Å². The van der Waals surface area contributed by atoms with Crippen LogP contribution in [0.5, 0.6) is 5.75 Å². The van der Waals surface area contributed by atoms with Crippen LogP contribution in [0.25, 0.3) is 0 Å². The number of carbonyl (C=O) groups excluding carboxylic acids is 4. The summed E-state index contributed by atoms with van der Waals surface area (Å²) in [4.78, 5) is 70.5.